The van der Waals surface area contributed by atoms with Crippen LogP contribution in [0.2, 0.25) is 0 Å². The second-order valence-electron chi connectivity index (χ2n) is 9.97. The summed E-state index contributed by atoms with van der Waals surface area (Å²) < 4.78 is 42.0. The first-order chi connectivity index (χ1) is 15.1. The van der Waals surface area contributed by atoms with Gasteiger partial charge in [-0.3, -0.25) is 18.6 Å². The van der Waals surface area contributed by atoms with E-state index in [9.17, 15) is 18.3 Å². The highest BCUT2D eigenvalue weighted by Gasteiger charge is 2.47. The largest absolute Gasteiger partial charge is 0.363 e. The zero-order chi connectivity index (χ0) is 22.8. The van der Waals surface area contributed by atoms with Crippen LogP contribution in [-0.4, -0.2) is 47.9 Å². The number of amides is 1. The number of carbonyl (C=O) groups is 1. The molecular weight excluding hydrogens is 433 g/mol. The highest BCUT2D eigenvalue weighted by molar-refractivity contribution is 8.25. The average Bonchev–Trinajstić information content (AvgIpc) is 3.46. The molecule has 7 nitrogen and oxygen atoms in total. The van der Waals surface area contributed by atoms with Gasteiger partial charge in [0.2, 0.25) is 5.91 Å². The van der Waals surface area contributed by atoms with Crippen LogP contribution in [0.4, 0.5) is 4.39 Å². The molecule has 1 amide bonds. The van der Waals surface area contributed by atoms with Crippen molar-refractivity contribution in [2.75, 3.05) is 11.5 Å². The molecular formula is C23H30FN3O4S. The van der Waals surface area contributed by atoms with E-state index in [0.29, 0.717) is 23.6 Å². The maximum atomic E-state index is 14.8. The van der Waals surface area contributed by atoms with E-state index in [-0.39, 0.29) is 35.9 Å². The lowest BCUT2D eigenvalue weighted by Gasteiger charge is -2.54. The number of rotatable bonds is 5. The van der Waals surface area contributed by atoms with Crippen molar-refractivity contribution in [1.82, 2.24) is 15.1 Å². The van der Waals surface area contributed by atoms with Gasteiger partial charge in [0.1, 0.15) is 17.6 Å². The second kappa shape index (κ2) is 7.55. The number of nitrogens with zero attached hydrogens (tertiary/aromatic N) is 2. The van der Waals surface area contributed by atoms with Gasteiger partial charge < -0.3 is 10.1 Å². The Morgan fingerprint density at radius 1 is 1.34 bits per heavy atom. The van der Waals surface area contributed by atoms with Crippen LogP contribution in [0.3, 0.4) is 0 Å². The van der Waals surface area contributed by atoms with Crippen molar-refractivity contribution < 1.29 is 23.0 Å². The maximum absolute atomic E-state index is 14.8. The Hall–Kier alpha value is -1.94. The van der Waals surface area contributed by atoms with E-state index in [1.807, 2.05) is 37.6 Å². The summed E-state index contributed by atoms with van der Waals surface area (Å²) in [6, 6.07) is 5.34. The monoisotopic (exact) mass is 463 g/mol. The first kappa shape index (κ1) is 21.9. The van der Waals surface area contributed by atoms with Crippen LogP contribution >= 0.6 is 10.6 Å². The number of fused-ring (bicyclic) bond motifs is 1. The smallest absolute Gasteiger partial charge is 0.250 e. The molecule has 3 aliphatic rings. The average molecular weight is 464 g/mol. The van der Waals surface area contributed by atoms with Crippen LogP contribution in [0.5, 0.6) is 0 Å². The van der Waals surface area contributed by atoms with Crippen molar-refractivity contribution in [3.05, 3.63) is 40.8 Å². The van der Waals surface area contributed by atoms with E-state index in [2.05, 4.69) is 5.32 Å². The number of ether oxygens (including phenoxy) is 1. The van der Waals surface area contributed by atoms with Crippen LogP contribution in [0.1, 0.15) is 62.4 Å². The van der Waals surface area contributed by atoms with Gasteiger partial charge in [0.05, 0.1) is 23.7 Å². The predicted octanol–water partition coefficient (Wildman–Crippen LogP) is 4.23. The van der Waals surface area contributed by atoms with Crippen molar-refractivity contribution in [3.8, 4) is 11.3 Å². The highest BCUT2D eigenvalue weighted by Crippen LogP contribution is 2.54. The number of hydrogen-bond acceptors (Lipinski definition) is 5. The molecule has 3 N–H and O–H groups in total. The molecule has 2 aromatic rings. The summed E-state index contributed by atoms with van der Waals surface area (Å²) in [5.41, 5.74) is 3.31. The van der Waals surface area contributed by atoms with E-state index in [1.54, 1.807) is 0 Å². The first-order valence-corrected chi connectivity index (χ1v) is 13.0. The Kier molecular flexibility index (Phi) is 5.16. The molecule has 1 unspecified atom stereocenters. The molecule has 0 spiro atoms. The molecule has 0 bridgehead atoms. The molecule has 32 heavy (non-hydrogen) atoms. The van der Waals surface area contributed by atoms with Crippen molar-refractivity contribution >= 4 is 16.5 Å². The van der Waals surface area contributed by atoms with Crippen molar-refractivity contribution in [2.24, 2.45) is 0 Å². The minimum atomic E-state index is -2.57. The number of hydrogen-bond donors (Lipinski definition) is 3. The summed E-state index contributed by atoms with van der Waals surface area (Å²) in [4.78, 5) is 12.9. The standard InChI is InChI=1S/C23H30FN3O4S/c1-13(2)27-19-9-20(22(28)25-23(3)11-32(29,30)12-23)31-10-17(19)21(26-27)16-8-15(14-4-5-14)6-7-18(16)24/h6-8,13-14,20,29-30H,4-5,9-12H2,1-3H3,(H,25,28). The first-order valence-electron chi connectivity index (χ1n) is 11.1. The van der Waals surface area contributed by atoms with Gasteiger partial charge in [-0.05, 0) is 57.2 Å². The minimum absolute atomic E-state index is 0.0473. The number of nitrogens with one attached hydrogen (secondary N) is 1. The third kappa shape index (κ3) is 3.96. The van der Waals surface area contributed by atoms with Crippen LogP contribution in [0.25, 0.3) is 11.3 Å². The van der Waals surface area contributed by atoms with Crippen molar-refractivity contribution in [1.29, 1.82) is 0 Å². The summed E-state index contributed by atoms with van der Waals surface area (Å²) in [6.07, 6.45) is 1.91. The van der Waals surface area contributed by atoms with E-state index >= 15 is 0 Å². The molecule has 1 aliphatic carbocycles. The summed E-state index contributed by atoms with van der Waals surface area (Å²) in [7, 11) is -2.57. The van der Waals surface area contributed by atoms with Crippen LogP contribution in [0, 0.1) is 5.82 Å². The quantitative estimate of drug-likeness (QED) is 0.617. The molecule has 174 valence electrons. The summed E-state index contributed by atoms with van der Waals surface area (Å²) in [5, 5.41) is 7.68. The Labute approximate surface area is 188 Å². The maximum Gasteiger partial charge on any atom is 0.250 e. The Morgan fingerprint density at radius 2 is 2.06 bits per heavy atom. The van der Waals surface area contributed by atoms with E-state index < -0.39 is 22.2 Å². The fourth-order valence-corrected chi connectivity index (χ4v) is 7.03. The van der Waals surface area contributed by atoms with Gasteiger partial charge in [0.15, 0.2) is 0 Å². The van der Waals surface area contributed by atoms with Gasteiger partial charge in [-0.25, -0.2) is 4.39 Å². The van der Waals surface area contributed by atoms with Gasteiger partial charge in [0.25, 0.3) is 0 Å². The predicted molar refractivity (Wildman–Crippen MR) is 121 cm³/mol. The van der Waals surface area contributed by atoms with Gasteiger partial charge in [-0.15, -0.1) is 0 Å². The fraction of sp³-hybridized carbons (Fsp3) is 0.565. The molecule has 0 radical (unpaired) electrons. The molecule has 5 rings (SSSR count). The molecule has 3 heterocycles. The summed E-state index contributed by atoms with van der Waals surface area (Å²) >= 11 is 0. The number of carbonyl (C=O) groups excluding carboxylic acids is 1. The number of aromatic nitrogens is 2. The SMILES string of the molecule is CC(C)n1nc(-c2cc(C3CC3)ccc2F)c2c1CC(C(=O)NC1(C)CS(O)(O)C1)OC2. The Balaban J connectivity index is 1.42. The molecule has 9 heteroatoms. The van der Waals surface area contributed by atoms with Crippen molar-refractivity contribution in [3.63, 3.8) is 0 Å². The lowest BCUT2D eigenvalue weighted by atomic mass is 9.97. The Morgan fingerprint density at radius 3 is 2.69 bits per heavy atom. The van der Waals surface area contributed by atoms with Crippen LogP contribution in [0.15, 0.2) is 18.2 Å². The molecule has 1 saturated carbocycles. The van der Waals surface area contributed by atoms with Gasteiger partial charge in [-0.2, -0.15) is 15.7 Å². The molecule has 1 saturated heterocycles. The summed E-state index contributed by atoms with van der Waals surface area (Å²) in [6.45, 7) is 6.01. The second-order valence-corrected chi connectivity index (χ2v) is 12.2. The fourth-order valence-electron chi connectivity index (χ4n) is 4.93. The third-order valence-corrected chi connectivity index (χ3v) is 8.73. The molecule has 1 atom stereocenters. The number of halogens is 1. The normalized spacial score (nSPS) is 24.5. The lowest BCUT2D eigenvalue weighted by molar-refractivity contribution is -0.136. The highest BCUT2D eigenvalue weighted by atomic mass is 32.3. The zero-order valence-electron chi connectivity index (χ0n) is 18.6. The van der Waals surface area contributed by atoms with Crippen molar-refractivity contribution in [2.45, 2.75) is 70.2 Å². The van der Waals surface area contributed by atoms with E-state index in [1.165, 1.54) is 6.07 Å². The summed E-state index contributed by atoms with van der Waals surface area (Å²) in [5.74, 6) is 0.256. The molecule has 1 aromatic heterocycles. The van der Waals surface area contributed by atoms with E-state index in [4.69, 9.17) is 9.84 Å². The van der Waals surface area contributed by atoms with E-state index in [0.717, 1.165) is 29.7 Å². The molecule has 2 aliphatic heterocycles. The molecule has 2 fully saturated rings. The van der Waals surface area contributed by atoms with Gasteiger partial charge >= 0.3 is 0 Å². The van der Waals surface area contributed by atoms with Crippen LogP contribution < -0.4 is 5.32 Å². The van der Waals surface area contributed by atoms with Crippen LogP contribution in [-0.2, 0) is 22.6 Å². The lowest BCUT2D eigenvalue weighted by Crippen LogP contribution is -2.63. The van der Waals surface area contributed by atoms with Gasteiger partial charge in [-0.1, -0.05) is 6.07 Å². The van der Waals surface area contributed by atoms with Gasteiger partial charge in [0, 0.05) is 29.3 Å². The third-order valence-electron chi connectivity index (χ3n) is 6.53. The Bertz CT molecular complexity index is 1070. The topological polar surface area (TPSA) is 96.6 Å². The minimum Gasteiger partial charge on any atom is -0.363 e. The molecule has 1 aromatic carbocycles. The zero-order valence-corrected chi connectivity index (χ0v) is 19.4. The number of benzene rings is 1.